The number of carbonyl (C=O) groups excluding carboxylic acids is 1. The van der Waals surface area contributed by atoms with Crippen LogP contribution in [-0.4, -0.2) is 58.7 Å². The highest BCUT2D eigenvalue weighted by atomic mass is 16.7. The van der Waals surface area contributed by atoms with Gasteiger partial charge in [0.25, 0.3) is 0 Å². The van der Waals surface area contributed by atoms with E-state index in [1.54, 1.807) is 6.33 Å². The second-order valence-corrected chi connectivity index (χ2v) is 5.66. The van der Waals surface area contributed by atoms with Gasteiger partial charge < -0.3 is 23.5 Å². The third kappa shape index (κ3) is 2.73. The molecule has 9 nitrogen and oxygen atoms in total. The van der Waals surface area contributed by atoms with Crippen LogP contribution in [0.3, 0.4) is 0 Å². The minimum atomic E-state index is -0.991. The molecule has 0 amide bonds. The van der Waals surface area contributed by atoms with Crippen LogP contribution < -0.4 is 4.74 Å². The molecule has 0 bridgehead atoms. The van der Waals surface area contributed by atoms with E-state index < -0.39 is 11.7 Å². The summed E-state index contributed by atoms with van der Waals surface area (Å²) >= 11 is 0. The minimum absolute atomic E-state index is 0.241. The lowest BCUT2D eigenvalue weighted by Gasteiger charge is -2.52. The second kappa shape index (κ2) is 6.93. The average molecular weight is 350 g/mol. The van der Waals surface area contributed by atoms with Crippen molar-refractivity contribution in [1.29, 1.82) is 0 Å². The van der Waals surface area contributed by atoms with Gasteiger partial charge in [0.2, 0.25) is 5.88 Å². The first kappa shape index (κ1) is 17.6. The van der Waals surface area contributed by atoms with Crippen molar-refractivity contribution in [2.24, 2.45) is 5.92 Å². The van der Waals surface area contributed by atoms with Crippen LogP contribution in [0.5, 0.6) is 5.88 Å². The first-order valence-electron chi connectivity index (χ1n) is 8.19. The highest BCUT2D eigenvalue weighted by Crippen LogP contribution is 2.52. The number of rotatable bonds is 7. The quantitative estimate of drug-likeness (QED) is 0.545. The number of carbonyl (C=O) groups is 1. The molecular formula is C16H22N4O5. The number of aromatic nitrogens is 4. The molecular weight excluding hydrogens is 328 g/mol. The molecule has 0 unspecified atom stereocenters. The average Bonchev–Trinajstić information content (AvgIpc) is 3.03. The number of hydrogen-bond donors (Lipinski definition) is 0. The van der Waals surface area contributed by atoms with Crippen LogP contribution in [0.25, 0.3) is 11.2 Å². The standard InChI is InChI=1S/C16H22N4O5/c1-5-24-16(25-6-2)7-10(11(16)15(21)23-4)20-9-19-12-13(20)17-8-18-14(12)22-3/h8-11H,5-7H2,1-4H3/t10-,11-/m0/s1. The van der Waals surface area contributed by atoms with Gasteiger partial charge in [0, 0.05) is 19.6 Å². The van der Waals surface area contributed by atoms with E-state index in [0.717, 1.165) is 0 Å². The number of imidazole rings is 1. The Balaban J connectivity index is 2.01. The maximum absolute atomic E-state index is 12.5. The van der Waals surface area contributed by atoms with Gasteiger partial charge in [-0.05, 0) is 13.8 Å². The number of methoxy groups -OCH3 is 2. The molecule has 0 aliphatic heterocycles. The number of esters is 1. The highest BCUT2D eigenvalue weighted by Gasteiger charge is 2.61. The summed E-state index contributed by atoms with van der Waals surface area (Å²) in [6.45, 7) is 4.60. The fraction of sp³-hybridized carbons (Fsp3) is 0.625. The molecule has 2 aromatic heterocycles. The van der Waals surface area contributed by atoms with Crippen LogP contribution in [0, 0.1) is 5.92 Å². The van der Waals surface area contributed by atoms with E-state index in [0.29, 0.717) is 36.7 Å². The summed E-state index contributed by atoms with van der Waals surface area (Å²) in [5.41, 5.74) is 1.13. The molecule has 0 N–H and O–H groups in total. The summed E-state index contributed by atoms with van der Waals surface area (Å²) in [6, 6.07) is -0.241. The Labute approximate surface area is 145 Å². The zero-order valence-corrected chi connectivity index (χ0v) is 14.8. The molecule has 3 rings (SSSR count). The van der Waals surface area contributed by atoms with Crippen molar-refractivity contribution < 1.29 is 23.7 Å². The smallest absolute Gasteiger partial charge is 0.316 e. The molecule has 1 saturated carbocycles. The maximum atomic E-state index is 12.5. The molecule has 9 heteroatoms. The number of hydrogen-bond acceptors (Lipinski definition) is 8. The SMILES string of the molecule is CCOC1(OCC)C[C@H](n2cnc3c(OC)ncnc32)[C@H]1C(=O)OC. The van der Waals surface area contributed by atoms with Gasteiger partial charge in [0.15, 0.2) is 17.0 Å². The molecule has 136 valence electrons. The molecule has 25 heavy (non-hydrogen) atoms. The highest BCUT2D eigenvalue weighted by molar-refractivity contribution is 5.78. The Bertz CT molecular complexity index is 756. The fourth-order valence-corrected chi connectivity index (χ4v) is 3.44. The molecule has 1 aliphatic carbocycles. The Morgan fingerprint density at radius 1 is 1.24 bits per heavy atom. The number of ether oxygens (including phenoxy) is 4. The van der Waals surface area contributed by atoms with E-state index in [-0.39, 0.29) is 12.0 Å². The van der Waals surface area contributed by atoms with Crippen molar-refractivity contribution in [2.45, 2.75) is 32.1 Å². The van der Waals surface area contributed by atoms with E-state index >= 15 is 0 Å². The summed E-state index contributed by atoms with van der Waals surface area (Å²) in [7, 11) is 2.88. The zero-order valence-electron chi connectivity index (χ0n) is 14.8. The zero-order chi connectivity index (χ0) is 18.0. The maximum Gasteiger partial charge on any atom is 0.316 e. The van der Waals surface area contributed by atoms with E-state index in [1.807, 2.05) is 18.4 Å². The summed E-state index contributed by atoms with van der Waals surface area (Å²) < 4.78 is 23.7. The third-order valence-electron chi connectivity index (χ3n) is 4.46. The largest absolute Gasteiger partial charge is 0.479 e. The van der Waals surface area contributed by atoms with Crippen molar-refractivity contribution in [2.75, 3.05) is 27.4 Å². The number of nitrogens with zero attached hydrogens (tertiary/aromatic N) is 4. The summed E-state index contributed by atoms with van der Waals surface area (Å²) in [5.74, 6) is -1.61. The van der Waals surface area contributed by atoms with Gasteiger partial charge in [-0.3, -0.25) is 4.79 Å². The molecule has 2 heterocycles. The van der Waals surface area contributed by atoms with Crippen molar-refractivity contribution in [3.05, 3.63) is 12.7 Å². The van der Waals surface area contributed by atoms with Gasteiger partial charge in [-0.2, -0.15) is 4.98 Å². The van der Waals surface area contributed by atoms with Crippen LogP contribution in [-0.2, 0) is 19.0 Å². The van der Waals surface area contributed by atoms with E-state index in [9.17, 15) is 4.79 Å². The molecule has 0 radical (unpaired) electrons. The van der Waals surface area contributed by atoms with Crippen molar-refractivity contribution >= 4 is 17.1 Å². The van der Waals surface area contributed by atoms with Crippen molar-refractivity contribution in [1.82, 2.24) is 19.5 Å². The Kier molecular flexibility index (Phi) is 4.87. The topological polar surface area (TPSA) is 97.6 Å². The predicted molar refractivity (Wildman–Crippen MR) is 87.0 cm³/mol. The first-order valence-corrected chi connectivity index (χ1v) is 8.19. The molecule has 1 aliphatic rings. The summed E-state index contributed by atoms with van der Waals surface area (Å²) in [5, 5.41) is 0. The van der Waals surface area contributed by atoms with Crippen LogP contribution in [0.1, 0.15) is 26.3 Å². The third-order valence-corrected chi connectivity index (χ3v) is 4.46. The van der Waals surface area contributed by atoms with Gasteiger partial charge in [-0.15, -0.1) is 0 Å². The first-order chi connectivity index (χ1) is 12.1. The Morgan fingerprint density at radius 3 is 2.56 bits per heavy atom. The predicted octanol–water partition coefficient (Wildman–Crippen LogP) is 1.34. The molecule has 0 spiro atoms. The molecule has 2 atom stereocenters. The lowest BCUT2D eigenvalue weighted by Crippen LogP contribution is -2.61. The molecule has 2 aromatic rings. The second-order valence-electron chi connectivity index (χ2n) is 5.66. The van der Waals surface area contributed by atoms with Crippen molar-refractivity contribution in [3.63, 3.8) is 0 Å². The van der Waals surface area contributed by atoms with Gasteiger partial charge in [0.05, 0.1) is 26.6 Å². The van der Waals surface area contributed by atoms with E-state index in [2.05, 4.69) is 15.0 Å². The van der Waals surface area contributed by atoms with Gasteiger partial charge >= 0.3 is 5.97 Å². The van der Waals surface area contributed by atoms with Gasteiger partial charge in [-0.1, -0.05) is 0 Å². The lowest BCUT2D eigenvalue weighted by atomic mass is 9.72. The van der Waals surface area contributed by atoms with E-state index in [1.165, 1.54) is 20.5 Å². The molecule has 0 aromatic carbocycles. The van der Waals surface area contributed by atoms with Gasteiger partial charge in [0.1, 0.15) is 12.2 Å². The van der Waals surface area contributed by atoms with Crippen LogP contribution >= 0.6 is 0 Å². The fourth-order valence-electron chi connectivity index (χ4n) is 3.44. The Hall–Kier alpha value is -2.26. The summed E-state index contributed by atoms with van der Waals surface area (Å²) in [6.07, 6.45) is 3.53. The van der Waals surface area contributed by atoms with Crippen LogP contribution in [0.4, 0.5) is 0 Å². The van der Waals surface area contributed by atoms with Gasteiger partial charge in [-0.25, -0.2) is 9.97 Å². The van der Waals surface area contributed by atoms with Crippen LogP contribution in [0.15, 0.2) is 12.7 Å². The summed E-state index contributed by atoms with van der Waals surface area (Å²) in [4.78, 5) is 25.1. The van der Waals surface area contributed by atoms with E-state index in [4.69, 9.17) is 18.9 Å². The Morgan fingerprint density at radius 2 is 1.96 bits per heavy atom. The monoisotopic (exact) mass is 350 g/mol. The normalized spacial score (nSPS) is 21.8. The van der Waals surface area contributed by atoms with Crippen molar-refractivity contribution in [3.8, 4) is 5.88 Å². The molecule has 0 saturated heterocycles. The lowest BCUT2D eigenvalue weighted by molar-refractivity contribution is -0.319. The molecule has 1 fully saturated rings. The minimum Gasteiger partial charge on any atom is -0.479 e. The number of fused-ring (bicyclic) bond motifs is 1. The van der Waals surface area contributed by atoms with Crippen LogP contribution in [0.2, 0.25) is 0 Å².